The van der Waals surface area contributed by atoms with E-state index >= 15 is 0 Å². The standard InChI is InChI=1S/C27H42O2/c1-4-18(9-14-27(29)15-16-27)22-7-8-23-21-6-5-19-17-20(28)10-12-25(19,2)24(21)11-13-26(22,23)3/h4-5,18,20-24,28-29H,1,6-17H2,2-3H3/t18-,20+,21?,22-,23?,24?,25+,26-/m1/s1. The molecular weight excluding hydrogens is 356 g/mol. The quantitative estimate of drug-likeness (QED) is 0.555. The van der Waals surface area contributed by atoms with E-state index in [1.807, 2.05) is 0 Å². The molecule has 5 rings (SSSR count). The van der Waals surface area contributed by atoms with E-state index in [-0.39, 0.29) is 11.7 Å². The number of hydrogen-bond acceptors (Lipinski definition) is 2. The summed E-state index contributed by atoms with van der Waals surface area (Å²) in [6, 6.07) is 0. The summed E-state index contributed by atoms with van der Waals surface area (Å²) in [5, 5.41) is 20.6. The minimum atomic E-state index is -0.331. The smallest absolute Gasteiger partial charge is 0.0650 e. The first kappa shape index (κ1) is 20.3. The molecule has 8 atom stereocenters. The van der Waals surface area contributed by atoms with Gasteiger partial charge in [-0.1, -0.05) is 31.6 Å². The van der Waals surface area contributed by atoms with Gasteiger partial charge in [0.2, 0.25) is 0 Å². The first-order valence-corrected chi connectivity index (χ1v) is 12.5. The Bertz CT molecular complexity index is 691. The summed E-state index contributed by atoms with van der Waals surface area (Å²) in [7, 11) is 0. The van der Waals surface area contributed by atoms with Crippen LogP contribution in [-0.2, 0) is 0 Å². The lowest BCUT2D eigenvalue weighted by atomic mass is 9.47. The van der Waals surface area contributed by atoms with Crippen LogP contribution in [0, 0.1) is 40.4 Å². The summed E-state index contributed by atoms with van der Waals surface area (Å²) in [6.45, 7) is 9.37. The van der Waals surface area contributed by atoms with Crippen LogP contribution >= 0.6 is 0 Å². The van der Waals surface area contributed by atoms with Crippen LogP contribution in [0.15, 0.2) is 24.3 Å². The Kier molecular flexibility index (Phi) is 4.87. The molecule has 0 aromatic rings. The first-order valence-electron chi connectivity index (χ1n) is 12.5. The zero-order valence-corrected chi connectivity index (χ0v) is 18.7. The Morgan fingerprint density at radius 2 is 1.90 bits per heavy atom. The molecule has 4 fully saturated rings. The Labute approximate surface area is 177 Å². The molecule has 2 heteroatoms. The lowest BCUT2D eigenvalue weighted by molar-refractivity contribution is -0.0560. The second-order valence-electron chi connectivity index (χ2n) is 12.0. The van der Waals surface area contributed by atoms with Gasteiger partial charge in [-0.15, -0.1) is 6.58 Å². The third-order valence-electron chi connectivity index (χ3n) is 10.7. The van der Waals surface area contributed by atoms with Crippen molar-refractivity contribution in [3.8, 4) is 0 Å². The molecule has 0 bridgehead atoms. The van der Waals surface area contributed by atoms with Crippen molar-refractivity contribution in [3.05, 3.63) is 24.3 Å². The monoisotopic (exact) mass is 398 g/mol. The van der Waals surface area contributed by atoms with Crippen molar-refractivity contribution in [2.24, 2.45) is 40.4 Å². The molecule has 0 heterocycles. The molecule has 162 valence electrons. The highest BCUT2D eigenvalue weighted by atomic mass is 16.3. The van der Waals surface area contributed by atoms with Crippen LogP contribution in [0.5, 0.6) is 0 Å². The van der Waals surface area contributed by atoms with Gasteiger partial charge >= 0.3 is 0 Å². The van der Waals surface area contributed by atoms with Gasteiger partial charge in [-0.3, -0.25) is 0 Å². The average molecular weight is 399 g/mol. The van der Waals surface area contributed by atoms with Crippen LogP contribution in [-0.4, -0.2) is 21.9 Å². The predicted octanol–water partition coefficient (Wildman–Crippen LogP) is 6.03. The molecule has 2 N–H and O–H groups in total. The molecule has 0 amide bonds. The van der Waals surface area contributed by atoms with Gasteiger partial charge in [0.25, 0.3) is 0 Å². The van der Waals surface area contributed by atoms with E-state index in [0.717, 1.165) is 62.2 Å². The molecule has 5 aliphatic rings. The van der Waals surface area contributed by atoms with Crippen molar-refractivity contribution in [1.82, 2.24) is 0 Å². The van der Waals surface area contributed by atoms with Crippen LogP contribution in [0.25, 0.3) is 0 Å². The second kappa shape index (κ2) is 6.95. The lowest BCUT2D eigenvalue weighted by Gasteiger charge is -2.58. The van der Waals surface area contributed by atoms with Gasteiger partial charge in [0.1, 0.15) is 0 Å². The Morgan fingerprint density at radius 3 is 2.62 bits per heavy atom. The third-order valence-corrected chi connectivity index (χ3v) is 10.7. The van der Waals surface area contributed by atoms with Crippen LogP contribution in [0.2, 0.25) is 0 Å². The van der Waals surface area contributed by atoms with Gasteiger partial charge < -0.3 is 10.2 Å². The van der Waals surface area contributed by atoms with E-state index in [9.17, 15) is 10.2 Å². The summed E-state index contributed by atoms with van der Waals surface area (Å²) in [5.41, 5.74) is 2.04. The van der Waals surface area contributed by atoms with Crippen LogP contribution in [0.3, 0.4) is 0 Å². The van der Waals surface area contributed by atoms with Gasteiger partial charge in [-0.05, 0) is 117 Å². The highest BCUT2D eigenvalue weighted by Gasteiger charge is 2.59. The van der Waals surface area contributed by atoms with Gasteiger partial charge in [0.05, 0.1) is 11.7 Å². The Hall–Kier alpha value is -0.600. The maximum absolute atomic E-state index is 10.4. The van der Waals surface area contributed by atoms with Gasteiger partial charge in [-0.2, -0.15) is 0 Å². The van der Waals surface area contributed by atoms with E-state index in [0.29, 0.717) is 16.7 Å². The third kappa shape index (κ3) is 3.19. The average Bonchev–Trinajstić information content (AvgIpc) is 3.32. The summed E-state index contributed by atoms with van der Waals surface area (Å²) >= 11 is 0. The molecule has 0 aromatic heterocycles. The van der Waals surface area contributed by atoms with Crippen LogP contribution in [0.4, 0.5) is 0 Å². The molecule has 29 heavy (non-hydrogen) atoms. The van der Waals surface area contributed by atoms with Crippen molar-refractivity contribution in [3.63, 3.8) is 0 Å². The van der Waals surface area contributed by atoms with Crippen LogP contribution < -0.4 is 0 Å². The van der Waals surface area contributed by atoms with Crippen molar-refractivity contribution < 1.29 is 10.2 Å². The fraction of sp³-hybridized carbons (Fsp3) is 0.852. The molecular formula is C27H42O2. The van der Waals surface area contributed by atoms with Gasteiger partial charge in [-0.25, -0.2) is 0 Å². The molecule has 2 nitrogen and oxygen atoms in total. The van der Waals surface area contributed by atoms with Crippen molar-refractivity contribution in [2.75, 3.05) is 0 Å². The SMILES string of the molecule is C=C[C@H](CCC1(O)CC1)[C@H]1CCC2C3CC=C4C[C@@H](O)CC[C@]4(C)C3CC[C@@]21C. The molecule has 0 aliphatic heterocycles. The maximum Gasteiger partial charge on any atom is 0.0650 e. The normalized spacial score (nSPS) is 48.7. The van der Waals surface area contributed by atoms with Gasteiger partial charge in [0, 0.05) is 0 Å². The van der Waals surface area contributed by atoms with E-state index < -0.39 is 0 Å². The predicted molar refractivity (Wildman–Crippen MR) is 118 cm³/mol. The lowest BCUT2D eigenvalue weighted by Crippen LogP contribution is -2.50. The number of rotatable bonds is 5. The molecule has 5 aliphatic carbocycles. The van der Waals surface area contributed by atoms with Crippen LogP contribution in [0.1, 0.15) is 90.9 Å². The number of aliphatic hydroxyl groups is 2. The summed E-state index contributed by atoms with van der Waals surface area (Å²) in [6.07, 6.45) is 18.6. The first-order chi connectivity index (χ1) is 13.8. The number of aliphatic hydroxyl groups excluding tert-OH is 1. The number of allylic oxidation sites excluding steroid dienone is 2. The zero-order chi connectivity index (χ0) is 20.4. The van der Waals surface area contributed by atoms with E-state index in [4.69, 9.17) is 0 Å². The number of hydrogen-bond donors (Lipinski definition) is 2. The van der Waals surface area contributed by atoms with E-state index in [1.165, 1.54) is 38.5 Å². The van der Waals surface area contributed by atoms with E-state index in [1.54, 1.807) is 5.57 Å². The molecule has 0 aromatic carbocycles. The molecule has 3 unspecified atom stereocenters. The minimum absolute atomic E-state index is 0.106. The van der Waals surface area contributed by atoms with Crippen molar-refractivity contribution >= 4 is 0 Å². The minimum Gasteiger partial charge on any atom is -0.393 e. The molecule has 0 saturated heterocycles. The fourth-order valence-electron chi connectivity index (χ4n) is 8.70. The summed E-state index contributed by atoms with van der Waals surface area (Å²) in [4.78, 5) is 0. The molecule has 0 radical (unpaired) electrons. The Morgan fingerprint density at radius 1 is 1.10 bits per heavy atom. The largest absolute Gasteiger partial charge is 0.393 e. The van der Waals surface area contributed by atoms with E-state index in [2.05, 4.69) is 32.6 Å². The van der Waals surface area contributed by atoms with Crippen molar-refractivity contribution in [2.45, 2.75) is 103 Å². The molecule has 4 saturated carbocycles. The van der Waals surface area contributed by atoms with Gasteiger partial charge in [0.15, 0.2) is 0 Å². The fourth-order valence-corrected chi connectivity index (χ4v) is 8.70. The summed E-state index contributed by atoms with van der Waals surface area (Å²) in [5.74, 6) is 3.82. The van der Waals surface area contributed by atoms with Crippen molar-refractivity contribution in [1.29, 1.82) is 0 Å². The zero-order valence-electron chi connectivity index (χ0n) is 18.7. The highest BCUT2D eigenvalue weighted by molar-refractivity contribution is 5.25. The maximum atomic E-state index is 10.4. The highest BCUT2D eigenvalue weighted by Crippen LogP contribution is 2.67. The Balaban J connectivity index is 1.36. The second-order valence-corrected chi connectivity index (χ2v) is 12.0. The summed E-state index contributed by atoms with van der Waals surface area (Å²) < 4.78 is 0. The number of fused-ring (bicyclic) bond motifs is 5. The topological polar surface area (TPSA) is 40.5 Å². The molecule has 0 spiro atoms.